The molecule has 0 heterocycles. The van der Waals surface area contributed by atoms with Gasteiger partial charge in [0.1, 0.15) is 5.75 Å². The quantitative estimate of drug-likeness (QED) is 0.282. The van der Waals surface area contributed by atoms with E-state index >= 15 is 0 Å². The smallest absolute Gasteiger partial charge is 0.271 e. The summed E-state index contributed by atoms with van der Waals surface area (Å²) in [5, 5.41) is 13.5. The lowest BCUT2D eigenvalue weighted by Gasteiger charge is -2.06. The Morgan fingerprint density at radius 1 is 1.04 bits per heavy atom. The van der Waals surface area contributed by atoms with Crippen LogP contribution in [0.4, 0.5) is 5.69 Å². The van der Waals surface area contributed by atoms with E-state index in [9.17, 15) is 9.90 Å². The van der Waals surface area contributed by atoms with Gasteiger partial charge in [0, 0.05) is 14.5 Å². The molecule has 120 valence electrons. The Morgan fingerprint density at radius 3 is 2.09 bits per heavy atom. The van der Waals surface area contributed by atoms with Gasteiger partial charge in [0.15, 0.2) is 0 Å². The number of carbonyl (C=O) groups excluding carboxylic acids is 1. The van der Waals surface area contributed by atoms with Crippen molar-refractivity contribution in [2.45, 2.75) is 0 Å². The second kappa shape index (κ2) is 7.78. The number of nitrogens with one attached hydrogen (secondary N) is 1. The molecule has 0 aliphatic rings. The minimum Gasteiger partial charge on any atom is -0.506 e. The summed E-state index contributed by atoms with van der Waals surface area (Å²) >= 11 is 13.0. The highest BCUT2D eigenvalue weighted by molar-refractivity contribution is 9.11. The number of rotatable bonds is 3. The van der Waals surface area contributed by atoms with Gasteiger partial charge in [-0.3, -0.25) is 4.79 Å². The Bertz CT molecular complexity index is 763. The largest absolute Gasteiger partial charge is 0.506 e. The van der Waals surface area contributed by atoms with E-state index in [4.69, 9.17) is 5.73 Å². The molecule has 0 aliphatic heterocycles. The Morgan fingerprint density at radius 2 is 1.57 bits per heavy atom. The predicted octanol–water partition coefficient (Wildman–Crippen LogP) is 4.79. The van der Waals surface area contributed by atoms with Crippen LogP contribution in [0.1, 0.15) is 15.9 Å². The number of phenolic OH excluding ortho intramolecular Hbond substituents is 1. The minimum atomic E-state index is -0.375. The van der Waals surface area contributed by atoms with Crippen LogP contribution >= 0.6 is 63.7 Å². The number of nitrogen functional groups attached to an aromatic ring is 1. The van der Waals surface area contributed by atoms with Crippen molar-refractivity contribution >= 4 is 81.5 Å². The average Bonchev–Trinajstić information content (AvgIpc) is 2.49. The fourth-order valence-corrected chi connectivity index (χ4v) is 4.01. The lowest BCUT2D eigenvalue weighted by molar-refractivity contribution is 0.0955. The number of carbonyl (C=O) groups is 1. The molecule has 0 saturated heterocycles. The monoisotopic (exact) mass is 567 g/mol. The molecular weight excluding hydrogens is 562 g/mol. The highest BCUT2D eigenvalue weighted by Crippen LogP contribution is 2.33. The van der Waals surface area contributed by atoms with Gasteiger partial charge in [0.25, 0.3) is 5.91 Å². The Balaban J connectivity index is 2.13. The van der Waals surface area contributed by atoms with Crippen LogP contribution in [0.3, 0.4) is 0 Å². The SMILES string of the molecule is Nc1c(Br)cc(C(=O)N/N=C/c2cc(Br)c(O)c(Br)c2)cc1Br. The van der Waals surface area contributed by atoms with Crippen LogP contribution in [0.5, 0.6) is 5.75 Å². The van der Waals surface area contributed by atoms with Crippen molar-refractivity contribution in [3.63, 3.8) is 0 Å². The Labute approximate surface area is 165 Å². The van der Waals surface area contributed by atoms with Crippen LogP contribution in [0.25, 0.3) is 0 Å². The van der Waals surface area contributed by atoms with E-state index in [2.05, 4.69) is 74.2 Å². The molecule has 0 radical (unpaired) electrons. The number of aromatic hydroxyl groups is 1. The maximum absolute atomic E-state index is 12.1. The van der Waals surface area contributed by atoms with Crippen LogP contribution in [0.2, 0.25) is 0 Å². The van der Waals surface area contributed by atoms with E-state index in [1.807, 2.05) is 0 Å². The molecule has 5 nitrogen and oxygen atoms in total. The molecule has 9 heteroatoms. The molecule has 0 atom stereocenters. The lowest BCUT2D eigenvalue weighted by Crippen LogP contribution is -2.17. The van der Waals surface area contributed by atoms with Crippen molar-refractivity contribution in [2.24, 2.45) is 5.10 Å². The normalized spacial score (nSPS) is 11.0. The van der Waals surface area contributed by atoms with Crippen LogP contribution in [-0.2, 0) is 0 Å². The van der Waals surface area contributed by atoms with Crippen molar-refractivity contribution in [3.05, 3.63) is 53.3 Å². The molecule has 2 aromatic carbocycles. The summed E-state index contributed by atoms with van der Waals surface area (Å²) in [5.41, 5.74) is 9.83. The van der Waals surface area contributed by atoms with Crippen LogP contribution in [0, 0.1) is 0 Å². The molecule has 23 heavy (non-hydrogen) atoms. The van der Waals surface area contributed by atoms with Crippen LogP contribution < -0.4 is 11.2 Å². The van der Waals surface area contributed by atoms with Gasteiger partial charge in [-0.05, 0) is 93.5 Å². The molecule has 0 spiro atoms. The van der Waals surface area contributed by atoms with E-state index < -0.39 is 0 Å². The minimum absolute atomic E-state index is 0.0998. The fraction of sp³-hybridized carbons (Fsp3) is 0. The maximum atomic E-state index is 12.1. The summed E-state index contributed by atoms with van der Waals surface area (Å²) < 4.78 is 2.27. The molecule has 0 unspecified atom stereocenters. The summed E-state index contributed by atoms with van der Waals surface area (Å²) in [7, 11) is 0. The first-order chi connectivity index (χ1) is 10.8. The summed E-state index contributed by atoms with van der Waals surface area (Å²) in [6, 6.07) is 6.57. The molecule has 4 N–H and O–H groups in total. The summed E-state index contributed by atoms with van der Waals surface area (Å²) in [5.74, 6) is -0.276. The topological polar surface area (TPSA) is 87.7 Å². The van der Waals surface area contributed by atoms with Gasteiger partial charge < -0.3 is 10.8 Å². The van der Waals surface area contributed by atoms with E-state index in [-0.39, 0.29) is 11.7 Å². The molecule has 0 fully saturated rings. The van der Waals surface area contributed by atoms with Crippen LogP contribution in [-0.4, -0.2) is 17.2 Å². The fourth-order valence-electron chi connectivity index (χ4n) is 1.61. The van der Waals surface area contributed by atoms with Crippen molar-refractivity contribution in [3.8, 4) is 5.75 Å². The molecule has 0 aliphatic carbocycles. The van der Waals surface area contributed by atoms with Crippen LogP contribution in [0.15, 0.2) is 47.3 Å². The number of hydrazone groups is 1. The molecule has 0 bridgehead atoms. The number of nitrogens with zero attached hydrogens (tertiary/aromatic N) is 1. The highest BCUT2D eigenvalue weighted by Gasteiger charge is 2.10. The molecule has 1 amide bonds. The van der Waals surface area contributed by atoms with Gasteiger partial charge >= 0.3 is 0 Å². The standard InChI is InChI=1S/C14H9Br4N3O2/c15-8-3-7(4-9(16)12(8)19)14(23)21-20-5-6-1-10(17)13(22)11(18)2-6/h1-5,22H,19H2,(H,21,23)/b20-5+. The third-order valence-corrected chi connectivity index (χ3v) is 5.28. The molecule has 0 aromatic heterocycles. The van der Waals surface area contributed by atoms with Crippen molar-refractivity contribution in [1.29, 1.82) is 0 Å². The van der Waals surface area contributed by atoms with Gasteiger partial charge in [-0.1, -0.05) is 0 Å². The second-order valence-electron chi connectivity index (χ2n) is 4.39. The zero-order chi connectivity index (χ0) is 17.1. The first-order valence-electron chi connectivity index (χ1n) is 6.05. The zero-order valence-corrected chi connectivity index (χ0v) is 17.6. The number of amides is 1. The molecule has 2 rings (SSSR count). The summed E-state index contributed by atoms with van der Waals surface area (Å²) in [6.45, 7) is 0. The van der Waals surface area contributed by atoms with Gasteiger partial charge in [-0.2, -0.15) is 5.10 Å². The molecule has 0 saturated carbocycles. The summed E-state index contributed by atoms with van der Waals surface area (Å²) in [4.78, 5) is 12.1. The third kappa shape index (κ3) is 4.56. The number of anilines is 1. The average molecular weight is 571 g/mol. The lowest BCUT2D eigenvalue weighted by atomic mass is 10.2. The van der Waals surface area contributed by atoms with E-state index in [0.717, 1.165) is 0 Å². The Kier molecular flexibility index (Phi) is 6.24. The number of hydrogen-bond donors (Lipinski definition) is 3. The third-order valence-electron chi connectivity index (χ3n) is 2.76. The number of halogens is 4. The van der Waals surface area contributed by atoms with Gasteiger partial charge in [0.2, 0.25) is 0 Å². The number of hydrogen-bond acceptors (Lipinski definition) is 4. The van der Waals surface area contributed by atoms with Crippen molar-refractivity contribution in [2.75, 3.05) is 5.73 Å². The number of nitrogens with two attached hydrogens (primary N) is 1. The van der Waals surface area contributed by atoms with E-state index in [1.165, 1.54) is 6.21 Å². The van der Waals surface area contributed by atoms with E-state index in [0.29, 0.717) is 34.7 Å². The maximum Gasteiger partial charge on any atom is 0.271 e. The second-order valence-corrected chi connectivity index (χ2v) is 7.80. The molecular formula is C14H9Br4N3O2. The first-order valence-corrected chi connectivity index (χ1v) is 9.22. The Hall–Kier alpha value is -0.900. The highest BCUT2D eigenvalue weighted by atomic mass is 79.9. The van der Waals surface area contributed by atoms with Crippen molar-refractivity contribution < 1.29 is 9.90 Å². The predicted molar refractivity (Wildman–Crippen MR) is 105 cm³/mol. The number of benzene rings is 2. The van der Waals surface area contributed by atoms with Crippen molar-refractivity contribution in [1.82, 2.24) is 5.43 Å². The van der Waals surface area contributed by atoms with Gasteiger partial charge in [0.05, 0.1) is 20.8 Å². The van der Waals surface area contributed by atoms with Gasteiger partial charge in [-0.25, -0.2) is 5.43 Å². The number of phenols is 1. The summed E-state index contributed by atoms with van der Waals surface area (Å²) in [6.07, 6.45) is 1.47. The zero-order valence-electron chi connectivity index (χ0n) is 11.3. The molecule has 2 aromatic rings. The van der Waals surface area contributed by atoms with E-state index in [1.54, 1.807) is 24.3 Å². The van der Waals surface area contributed by atoms with Gasteiger partial charge in [-0.15, -0.1) is 0 Å². The first kappa shape index (κ1) is 18.4.